The van der Waals surface area contributed by atoms with Gasteiger partial charge in [-0.1, -0.05) is 0 Å². The molecule has 0 unspecified atom stereocenters. The Morgan fingerprint density at radius 3 is 3.00 bits per heavy atom. The summed E-state index contributed by atoms with van der Waals surface area (Å²) in [5.41, 5.74) is 1.57. The summed E-state index contributed by atoms with van der Waals surface area (Å²) in [6.07, 6.45) is 7.26. The van der Waals surface area contributed by atoms with Crippen LogP contribution in [0.2, 0.25) is 0 Å². The molecular formula is C14H18BrN5OS. The van der Waals surface area contributed by atoms with Gasteiger partial charge in [0.25, 0.3) is 0 Å². The number of nitrogens with zero attached hydrogens (tertiary/aromatic N) is 4. The summed E-state index contributed by atoms with van der Waals surface area (Å²) in [5, 5.41) is 7.30. The van der Waals surface area contributed by atoms with Gasteiger partial charge in [0.1, 0.15) is 0 Å². The maximum absolute atomic E-state index is 12.3. The van der Waals surface area contributed by atoms with Crippen molar-refractivity contribution >= 4 is 39.4 Å². The van der Waals surface area contributed by atoms with Crippen molar-refractivity contribution in [3.05, 3.63) is 35.3 Å². The van der Waals surface area contributed by atoms with Crippen LogP contribution >= 0.6 is 27.7 Å². The Balaban J connectivity index is 2.19. The highest BCUT2D eigenvalue weighted by Crippen LogP contribution is 2.26. The molecule has 2 amide bonds. The Kier molecular flexibility index (Phi) is 6.26. The van der Waals surface area contributed by atoms with Crippen LogP contribution in [0.4, 0.5) is 10.5 Å². The van der Waals surface area contributed by atoms with E-state index in [4.69, 9.17) is 0 Å². The second kappa shape index (κ2) is 8.19. The van der Waals surface area contributed by atoms with Gasteiger partial charge in [0, 0.05) is 25.0 Å². The molecule has 22 heavy (non-hydrogen) atoms. The average molecular weight is 384 g/mol. The third-order valence-electron chi connectivity index (χ3n) is 3.00. The highest BCUT2D eigenvalue weighted by molar-refractivity contribution is 9.10. The van der Waals surface area contributed by atoms with Gasteiger partial charge in [-0.15, -0.1) is 0 Å². The standard InChI is InChI=1S/C14H18BrN5OS/c1-3-19(14(21)17-7-8-22-2)12-10-20(18-13(12)15)11-5-4-6-16-9-11/h4-6,9-10H,3,7-8H2,1-2H3,(H,17,21). The Morgan fingerprint density at radius 1 is 1.55 bits per heavy atom. The van der Waals surface area contributed by atoms with Crippen molar-refractivity contribution in [1.82, 2.24) is 20.1 Å². The van der Waals surface area contributed by atoms with E-state index in [0.717, 1.165) is 17.1 Å². The zero-order valence-electron chi connectivity index (χ0n) is 12.5. The summed E-state index contributed by atoms with van der Waals surface area (Å²) in [7, 11) is 0. The number of carbonyl (C=O) groups excluding carboxylic acids is 1. The molecular weight excluding hydrogens is 366 g/mol. The molecule has 6 nitrogen and oxygen atoms in total. The van der Waals surface area contributed by atoms with Crippen molar-refractivity contribution in [3.8, 4) is 5.69 Å². The molecule has 0 bridgehead atoms. The molecule has 0 aliphatic heterocycles. The van der Waals surface area contributed by atoms with Gasteiger partial charge >= 0.3 is 6.03 Å². The number of hydrogen-bond acceptors (Lipinski definition) is 4. The minimum atomic E-state index is -0.122. The summed E-state index contributed by atoms with van der Waals surface area (Å²) in [4.78, 5) is 18.0. The molecule has 0 aromatic carbocycles. The van der Waals surface area contributed by atoms with Gasteiger partial charge in [-0.3, -0.25) is 9.88 Å². The molecule has 2 heterocycles. The fourth-order valence-corrected chi connectivity index (χ4v) is 2.72. The lowest BCUT2D eigenvalue weighted by Gasteiger charge is -2.20. The van der Waals surface area contributed by atoms with E-state index >= 15 is 0 Å². The van der Waals surface area contributed by atoms with Gasteiger partial charge in [-0.25, -0.2) is 9.48 Å². The second-order valence-corrected chi connectivity index (χ2v) is 6.17. The summed E-state index contributed by atoms with van der Waals surface area (Å²) >= 11 is 5.13. The van der Waals surface area contributed by atoms with Crippen LogP contribution in [0.5, 0.6) is 0 Å². The maximum Gasteiger partial charge on any atom is 0.322 e. The number of carbonyl (C=O) groups is 1. The van der Waals surface area contributed by atoms with Crippen LogP contribution in [0.1, 0.15) is 6.92 Å². The summed E-state index contributed by atoms with van der Waals surface area (Å²) in [6.45, 7) is 3.13. The zero-order valence-corrected chi connectivity index (χ0v) is 14.9. The van der Waals surface area contributed by atoms with Crippen LogP contribution < -0.4 is 10.2 Å². The van der Waals surface area contributed by atoms with E-state index in [-0.39, 0.29) is 6.03 Å². The third kappa shape index (κ3) is 4.01. The minimum absolute atomic E-state index is 0.122. The van der Waals surface area contributed by atoms with Gasteiger partial charge in [0.2, 0.25) is 0 Å². The molecule has 0 saturated carbocycles. The number of hydrogen-bond donors (Lipinski definition) is 1. The average Bonchev–Trinajstić information content (AvgIpc) is 2.91. The number of urea groups is 1. The SMILES string of the molecule is CCN(C(=O)NCCSC)c1cn(-c2cccnc2)nc1Br. The van der Waals surface area contributed by atoms with E-state index in [1.54, 1.807) is 33.7 Å². The van der Waals surface area contributed by atoms with Crippen molar-refractivity contribution < 1.29 is 4.79 Å². The molecule has 0 radical (unpaired) electrons. The number of halogens is 1. The minimum Gasteiger partial charge on any atom is -0.337 e. The van der Waals surface area contributed by atoms with Crippen molar-refractivity contribution in [3.63, 3.8) is 0 Å². The third-order valence-corrected chi connectivity index (χ3v) is 4.17. The first kappa shape index (κ1) is 16.8. The maximum atomic E-state index is 12.3. The van der Waals surface area contributed by atoms with Gasteiger partial charge in [-0.05, 0) is 41.2 Å². The van der Waals surface area contributed by atoms with Gasteiger partial charge in [0.05, 0.1) is 23.8 Å². The van der Waals surface area contributed by atoms with Gasteiger partial charge in [0.15, 0.2) is 4.60 Å². The highest BCUT2D eigenvalue weighted by atomic mass is 79.9. The van der Waals surface area contributed by atoms with E-state index in [9.17, 15) is 4.79 Å². The molecule has 2 rings (SSSR count). The Morgan fingerprint density at radius 2 is 2.36 bits per heavy atom. The van der Waals surface area contributed by atoms with E-state index in [1.165, 1.54) is 0 Å². The molecule has 1 N–H and O–H groups in total. The van der Waals surface area contributed by atoms with Gasteiger partial charge in [-0.2, -0.15) is 16.9 Å². The predicted octanol–water partition coefficient (Wildman–Crippen LogP) is 2.93. The van der Waals surface area contributed by atoms with E-state index in [0.29, 0.717) is 17.7 Å². The summed E-state index contributed by atoms with van der Waals surface area (Å²) < 4.78 is 2.32. The van der Waals surface area contributed by atoms with Crippen LogP contribution in [0, 0.1) is 0 Å². The van der Waals surface area contributed by atoms with E-state index in [2.05, 4.69) is 31.3 Å². The van der Waals surface area contributed by atoms with Gasteiger partial charge < -0.3 is 5.32 Å². The Hall–Kier alpha value is -1.54. The largest absolute Gasteiger partial charge is 0.337 e. The molecule has 0 aliphatic carbocycles. The molecule has 2 aromatic heterocycles. The van der Waals surface area contributed by atoms with Crippen LogP contribution in [-0.2, 0) is 0 Å². The van der Waals surface area contributed by atoms with Crippen LogP contribution in [0.3, 0.4) is 0 Å². The number of nitrogens with one attached hydrogen (secondary N) is 1. The lowest BCUT2D eigenvalue weighted by Crippen LogP contribution is -2.40. The molecule has 0 atom stereocenters. The second-order valence-electron chi connectivity index (χ2n) is 4.43. The molecule has 2 aromatic rings. The van der Waals surface area contributed by atoms with Crippen molar-refractivity contribution in [1.29, 1.82) is 0 Å². The first-order chi connectivity index (χ1) is 10.7. The fraction of sp³-hybridized carbons (Fsp3) is 0.357. The summed E-state index contributed by atoms with van der Waals surface area (Å²) in [6, 6.07) is 3.63. The predicted molar refractivity (Wildman–Crippen MR) is 93.9 cm³/mol. The monoisotopic (exact) mass is 383 g/mol. The summed E-state index contributed by atoms with van der Waals surface area (Å²) in [5.74, 6) is 0.888. The van der Waals surface area contributed by atoms with Crippen LogP contribution in [-0.4, -0.2) is 45.9 Å². The van der Waals surface area contributed by atoms with Crippen molar-refractivity contribution in [2.75, 3.05) is 30.0 Å². The quantitative estimate of drug-likeness (QED) is 0.778. The lowest BCUT2D eigenvalue weighted by atomic mass is 10.4. The van der Waals surface area contributed by atoms with Crippen LogP contribution in [0.15, 0.2) is 35.3 Å². The molecule has 118 valence electrons. The number of amides is 2. The number of thioether (sulfide) groups is 1. The molecule has 0 saturated heterocycles. The fourth-order valence-electron chi connectivity index (χ4n) is 1.93. The Labute approximate surface area is 142 Å². The number of pyridine rings is 1. The number of anilines is 1. The lowest BCUT2D eigenvalue weighted by molar-refractivity contribution is 0.247. The normalized spacial score (nSPS) is 10.5. The zero-order chi connectivity index (χ0) is 15.9. The number of aromatic nitrogens is 3. The first-order valence-electron chi connectivity index (χ1n) is 6.87. The van der Waals surface area contributed by atoms with E-state index in [1.807, 2.05) is 31.5 Å². The molecule has 0 fully saturated rings. The van der Waals surface area contributed by atoms with Crippen molar-refractivity contribution in [2.24, 2.45) is 0 Å². The number of rotatable bonds is 6. The van der Waals surface area contributed by atoms with E-state index < -0.39 is 0 Å². The highest BCUT2D eigenvalue weighted by Gasteiger charge is 2.19. The van der Waals surface area contributed by atoms with Crippen LogP contribution in [0.25, 0.3) is 5.69 Å². The molecule has 0 aliphatic rings. The van der Waals surface area contributed by atoms with Crippen molar-refractivity contribution in [2.45, 2.75) is 6.92 Å². The topological polar surface area (TPSA) is 63.1 Å². The molecule has 0 spiro atoms. The Bertz CT molecular complexity index is 619. The first-order valence-corrected chi connectivity index (χ1v) is 9.06. The smallest absolute Gasteiger partial charge is 0.322 e. The molecule has 8 heteroatoms.